The second-order valence-electron chi connectivity index (χ2n) is 6.96. The monoisotopic (exact) mass is 361 g/mol. The van der Waals surface area contributed by atoms with E-state index in [0.29, 0.717) is 19.6 Å². The number of hydrogen-bond acceptors (Lipinski definition) is 4. The van der Waals surface area contributed by atoms with E-state index in [1.54, 1.807) is 8.61 Å². The minimum Gasteiger partial charge on any atom is -0.377 e. The summed E-state index contributed by atoms with van der Waals surface area (Å²) in [6, 6.07) is 0.131. The van der Waals surface area contributed by atoms with E-state index in [1.165, 1.54) is 0 Å². The molecular weight excluding hydrogens is 326 g/mol. The molecule has 142 valence electrons. The van der Waals surface area contributed by atoms with Gasteiger partial charge in [-0.05, 0) is 45.7 Å². The molecular formula is C17H35N3O3S. The average molecular weight is 362 g/mol. The Hall–Kier alpha value is -0.210. The van der Waals surface area contributed by atoms with Crippen molar-refractivity contribution in [3.05, 3.63) is 0 Å². The van der Waals surface area contributed by atoms with Crippen LogP contribution in [0, 0.1) is 0 Å². The molecule has 1 unspecified atom stereocenters. The smallest absolute Gasteiger partial charge is 0.282 e. The summed E-state index contributed by atoms with van der Waals surface area (Å²) in [7, 11) is -3.30. The normalized spacial score (nSPS) is 25.4. The van der Waals surface area contributed by atoms with E-state index in [0.717, 1.165) is 58.3 Å². The Labute approximate surface area is 148 Å². The molecule has 2 saturated heterocycles. The molecule has 0 saturated carbocycles. The van der Waals surface area contributed by atoms with Gasteiger partial charge in [-0.3, -0.25) is 0 Å². The van der Waals surface area contributed by atoms with Crippen molar-refractivity contribution in [3.63, 3.8) is 0 Å². The Morgan fingerprint density at radius 2 is 1.71 bits per heavy atom. The van der Waals surface area contributed by atoms with Crippen LogP contribution in [0.2, 0.25) is 0 Å². The van der Waals surface area contributed by atoms with Gasteiger partial charge in [-0.2, -0.15) is 17.0 Å². The number of piperidine rings is 2. The predicted molar refractivity (Wildman–Crippen MR) is 97.3 cm³/mol. The second-order valence-corrected chi connectivity index (χ2v) is 8.84. The Morgan fingerprint density at radius 1 is 1.04 bits per heavy atom. The van der Waals surface area contributed by atoms with E-state index < -0.39 is 10.2 Å². The van der Waals surface area contributed by atoms with Crippen molar-refractivity contribution in [1.82, 2.24) is 13.5 Å². The zero-order valence-corrected chi connectivity index (χ0v) is 16.4. The lowest BCUT2D eigenvalue weighted by Gasteiger charge is -2.39. The topological polar surface area (TPSA) is 53.1 Å². The van der Waals surface area contributed by atoms with Gasteiger partial charge in [-0.1, -0.05) is 20.3 Å². The van der Waals surface area contributed by atoms with Crippen LogP contribution in [0.25, 0.3) is 0 Å². The molecule has 1 atom stereocenters. The average Bonchev–Trinajstić information content (AvgIpc) is 2.59. The van der Waals surface area contributed by atoms with Crippen molar-refractivity contribution in [1.29, 1.82) is 0 Å². The fraction of sp³-hybridized carbons (Fsp3) is 1.00. The molecule has 0 aromatic heterocycles. The maximum absolute atomic E-state index is 12.8. The first-order valence-electron chi connectivity index (χ1n) is 9.59. The van der Waals surface area contributed by atoms with E-state index in [9.17, 15) is 8.42 Å². The van der Waals surface area contributed by atoms with Crippen molar-refractivity contribution in [2.24, 2.45) is 0 Å². The maximum Gasteiger partial charge on any atom is 0.282 e. The summed E-state index contributed by atoms with van der Waals surface area (Å²) < 4.78 is 35.0. The van der Waals surface area contributed by atoms with Crippen LogP contribution in [-0.4, -0.2) is 79.9 Å². The van der Waals surface area contributed by atoms with Gasteiger partial charge in [0.1, 0.15) is 0 Å². The zero-order valence-electron chi connectivity index (χ0n) is 15.6. The first-order valence-corrected chi connectivity index (χ1v) is 11.0. The van der Waals surface area contributed by atoms with Gasteiger partial charge in [-0.25, -0.2) is 0 Å². The summed E-state index contributed by atoms with van der Waals surface area (Å²) in [4.78, 5) is 2.34. The Morgan fingerprint density at radius 3 is 2.29 bits per heavy atom. The molecule has 0 aliphatic carbocycles. The van der Waals surface area contributed by atoms with Crippen molar-refractivity contribution in [2.75, 3.05) is 45.9 Å². The van der Waals surface area contributed by atoms with Gasteiger partial charge in [0.15, 0.2) is 0 Å². The van der Waals surface area contributed by atoms with Gasteiger partial charge in [-0.15, -0.1) is 0 Å². The van der Waals surface area contributed by atoms with Crippen LogP contribution >= 0.6 is 0 Å². The summed E-state index contributed by atoms with van der Waals surface area (Å²) in [6.45, 7) is 12.0. The number of ether oxygens (including phenoxy) is 1. The van der Waals surface area contributed by atoms with Gasteiger partial charge in [0.05, 0.1) is 12.7 Å². The van der Waals surface area contributed by atoms with E-state index >= 15 is 0 Å². The Balaban J connectivity index is 1.77. The number of hydrogen-bond donors (Lipinski definition) is 0. The summed E-state index contributed by atoms with van der Waals surface area (Å²) in [5.41, 5.74) is 0. The van der Waals surface area contributed by atoms with Gasteiger partial charge >= 0.3 is 0 Å². The summed E-state index contributed by atoms with van der Waals surface area (Å²) >= 11 is 0. The third kappa shape index (κ3) is 5.14. The lowest BCUT2D eigenvalue weighted by Crippen LogP contribution is -2.52. The highest BCUT2D eigenvalue weighted by atomic mass is 32.2. The van der Waals surface area contributed by atoms with Crippen LogP contribution in [-0.2, 0) is 14.9 Å². The molecule has 0 bridgehead atoms. The summed E-state index contributed by atoms with van der Waals surface area (Å²) in [5, 5.41) is 0. The quantitative estimate of drug-likeness (QED) is 0.663. The van der Waals surface area contributed by atoms with Gasteiger partial charge in [0.25, 0.3) is 10.2 Å². The SMILES string of the molecule is CCN(CC)CCOC1CCN(S(=O)(=O)N2CCCCC2C)CC1. The van der Waals surface area contributed by atoms with Gasteiger partial charge < -0.3 is 9.64 Å². The molecule has 2 fully saturated rings. The van der Waals surface area contributed by atoms with Crippen molar-refractivity contribution < 1.29 is 13.2 Å². The number of likely N-dealkylation sites (N-methyl/N-ethyl adjacent to an activating group) is 1. The fourth-order valence-electron chi connectivity index (χ4n) is 3.68. The number of rotatable bonds is 8. The summed E-state index contributed by atoms with van der Waals surface area (Å²) in [6.07, 6.45) is 4.90. The van der Waals surface area contributed by atoms with Crippen LogP contribution in [0.4, 0.5) is 0 Å². The van der Waals surface area contributed by atoms with Crippen LogP contribution in [0.1, 0.15) is 52.9 Å². The predicted octanol–water partition coefficient (Wildman–Crippen LogP) is 1.93. The molecule has 2 aliphatic rings. The minimum atomic E-state index is -3.30. The molecule has 0 aromatic carbocycles. The molecule has 0 N–H and O–H groups in total. The first kappa shape index (κ1) is 20.1. The maximum atomic E-state index is 12.8. The van der Waals surface area contributed by atoms with Crippen molar-refractivity contribution in [2.45, 2.75) is 65.0 Å². The van der Waals surface area contributed by atoms with Gasteiger partial charge in [0.2, 0.25) is 0 Å². The second kappa shape index (κ2) is 9.48. The molecule has 7 heteroatoms. The van der Waals surface area contributed by atoms with E-state index in [1.807, 2.05) is 6.92 Å². The van der Waals surface area contributed by atoms with E-state index in [4.69, 9.17) is 4.74 Å². The molecule has 0 aromatic rings. The van der Waals surface area contributed by atoms with E-state index in [-0.39, 0.29) is 12.1 Å². The zero-order chi connectivity index (χ0) is 17.6. The van der Waals surface area contributed by atoms with Crippen LogP contribution < -0.4 is 0 Å². The van der Waals surface area contributed by atoms with Crippen LogP contribution in [0.5, 0.6) is 0 Å². The highest BCUT2D eigenvalue weighted by Gasteiger charge is 2.36. The third-order valence-corrected chi connectivity index (χ3v) is 7.57. The van der Waals surface area contributed by atoms with Crippen molar-refractivity contribution >= 4 is 10.2 Å². The fourth-order valence-corrected chi connectivity index (χ4v) is 5.57. The standard InChI is InChI=1S/C17H35N3O3S/c1-4-18(5-2)14-15-23-17-9-12-19(13-10-17)24(21,22)20-11-7-6-8-16(20)3/h16-17H,4-15H2,1-3H3. The third-order valence-electron chi connectivity index (χ3n) is 5.42. The minimum absolute atomic E-state index is 0.131. The molecule has 2 heterocycles. The highest BCUT2D eigenvalue weighted by Crippen LogP contribution is 2.25. The molecule has 2 rings (SSSR count). The molecule has 0 amide bonds. The number of nitrogens with zero attached hydrogens (tertiary/aromatic N) is 3. The largest absolute Gasteiger partial charge is 0.377 e. The van der Waals surface area contributed by atoms with Crippen molar-refractivity contribution in [3.8, 4) is 0 Å². The van der Waals surface area contributed by atoms with Crippen LogP contribution in [0.15, 0.2) is 0 Å². The molecule has 6 nitrogen and oxygen atoms in total. The summed E-state index contributed by atoms with van der Waals surface area (Å²) in [5.74, 6) is 0. The Bertz CT molecular complexity index is 460. The lowest BCUT2D eigenvalue weighted by molar-refractivity contribution is 0.0102. The molecule has 0 radical (unpaired) electrons. The van der Waals surface area contributed by atoms with E-state index in [2.05, 4.69) is 18.7 Å². The first-order chi connectivity index (χ1) is 11.5. The highest BCUT2D eigenvalue weighted by molar-refractivity contribution is 7.86. The lowest BCUT2D eigenvalue weighted by atomic mass is 10.1. The molecule has 24 heavy (non-hydrogen) atoms. The Kier molecular flexibility index (Phi) is 7.94. The molecule has 0 spiro atoms. The van der Waals surface area contributed by atoms with Crippen LogP contribution in [0.3, 0.4) is 0 Å². The van der Waals surface area contributed by atoms with Gasteiger partial charge in [0, 0.05) is 32.2 Å². The molecule has 2 aliphatic heterocycles.